The van der Waals surface area contributed by atoms with Gasteiger partial charge in [-0.3, -0.25) is 14.5 Å². The summed E-state index contributed by atoms with van der Waals surface area (Å²) in [5.74, 6) is -0.00782. The molecule has 1 saturated heterocycles. The number of piperazine rings is 1. The predicted octanol–water partition coefficient (Wildman–Crippen LogP) is 1.28. The largest absolute Gasteiger partial charge is 0.339 e. The summed E-state index contributed by atoms with van der Waals surface area (Å²) in [5, 5.41) is 6.22. The number of aryl methyl sites for hydroxylation is 2. The van der Waals surface area contributed by atoms with Crippen molar-refractivity contribution in [3.8, 4) is 0 Å². The van der Waals surface area contributed by atoms with E-state index in [-0.39, 0.29) is 37.3 Å². The van der Waals surface area contributed by atoms with Crippen molar-refractivity contribution < 1.29 is 9.59 Å². The van der Waals surface area contributed by atoms with Crippen LogP contribution in [0.4, 0.5) is 5.69 Å². The molecule has 0 spiro atoms. The van der Waals surface area contributed by atoms with Crippen LogP contribution in [-0.2, 0) is 16.0 Å². The van der Waals surface area contributed by atoms with Crippen molar-refractivity contribution in [2.24, 2.45) is 0 Å². The van der Waals surface area contributed by atoms with Crippen molar-refractivity contribution in [1.29, 1.82) is 0 Å². The normalized spacial score (nSPS) is 14.2. The molecule has 0 aromatic heterocycles. The number of amides is 2. The second kappa shape index (κ2) is 10.4. The predicted molar refractivity (Wildman–Crippen MR) is 103 cm³/mol. The number of nitrogens with zero attached hydrogens (tertiary/aromatic N) is 2. The van der Waals surface area contributed by atoms with E-state index in [0.29, 0.717) is 0 Å². The maximum absolute atomic E-state index is 12.3. The van der Waals surface area contributed by atoms with Crippen LogP contribution < -0.4 is 10.6 Å². The van der Waals surface area contributed by atoms with E-state index >= 15 is 0 Å². The number of carbonyl (C=O) groups is 2. The summed E-state index contributed by atoms with van der Waals surface area (Å²) in [5.41, 5.74) is 3.08. The first-order valence-corrected chi connectivity index (χ1v) is 8.56. The van der Waals surface area contributed by atoms with E-state index in [1.54, 1.807) is 11.9 Å². The highest BCUT2D eigenvalue weighted by atomic mass is 35.5. The molecular weight excluding hydrogens is 340 g/mol. The van der Waals surface area contributed by atoms with Gasteiger partial charge in [-0.25, -0.2) is 0 Å². The zero-order valence-electron chi connectivity index (χ0n) is 15.3. The third-order valence-electron chi connectivity index (χ3n) is 4.29. The van der Waals surface area contributed by atoms with Gasteiger partial charge in [0.2, 0.25) is 11.8 Å². The molecule has 6 nitrogen and oxygen atoms in total. The summed E-state index contributed by atoms with van der Waals surface area (Å²) in [7, 11) is 1.80. The highest BCUT2D eigenvalue weighted by Gasteiger charge is 2.19. The number of anilines is 1. The molecule has 1 aliphatic heterocycles. The van der Waals surface area contributed by atoms with Crippen LogP contribution in [0.15, 0.2) is 18.2 Å². The number of benzene rings is 1. The summed E-state index contributed by atoms with van der Waals surface area (Å²) in [6.45, 7) is 7.68. The van der Waals surface area contributed by atoms with E-state index in [1.165, 1.54) is 0 Å². The van der Waals surface area contributed by atoms with E-state index < -0.39 is 0 Å². The summed E-state index contributed by atoms with van der Waals surface area (Å²) >= 11 is 0. The van der Waals surface area contributed by atoms with Crippen LogP contribution in [0, 0.1) is 6.92 Å². The van der Waals surface area contributed by atoms with Crippen molar-refractivity contribution >= 4 is 29.9 Å². The van der Waals surface area contributed by atoms with Crippen LogP contribution in [0.1, 0.15) is 18.1 Å². The van der Waals surface area contributed by atoms with Gasteiger partial charge in [0.25, 0.3) is 0 Å². The molecule has 1 heterocycles. The SMILES string of the molecule is CCc1cccc(C)c1NC(=O)CN(C)CC(=O)N1CCNCC1.Cl. The molecule has 25 heavy (non-hydrogen) atoms. The lowest BCUT2D eigenvalue weighted by atomic mass is 10.1. The third-order valence-corrected chi connectivity index (χ3v) is 4.29. The van der Waals surface area contributed by atoms with Gasteiger partial charge in [0, 0.05) is 31.9 Å². The first kappa shape index (κ1) is 21.4. The lowest BCUT2D eigenvalue weighted by molar-refractivity contribution is -0.133. The van der Waals surface area contributed by atoms with Gasteiger partial charge in [-0.05, 0) is 31.5 Å². The third kappa shape index (κ3) is 6.30. The lowest BCUT2D eigenvalue weighted by Gasteiger charge is -2.29. The Morgan fingerprint density at radius 1 is 1.24 bits per heavy atom. The number of halogens is 1. The molecule has 0 radical (unpaired) electrons. The second-order valence-electron chi connectivity index (χ2n) is 6.31. The van der Waals surface area contributed by atoms with E-state index in [9.17, 15) is 9.59 Å². The Balaban J connectivity index is 0.00000312. The lowest BCUT2D eigenvalue weighted by Crippen LogP contribution is -2.49. The molecule has 1 aliphatic rings. The molecule has 0 aliphatic carbocycles. The minimum atomic E-state index is -0.0883. The monoisotopic (exact) mass is 368 g/mol. The smallest absolute Gasteiger partial charge is 0.238 e. The van der Waals surface area contributed by atoms with Gasteiger partial charge in [0.15, 0.2) is 0 Å². The minimum Gasteiger partial charge on any atom is -0.339 e. The maximum Gasteiger partial charge on any atom is 0.238 e. The molecule has 1 aromatic rings. The fourth-order valence-electron chi connectivity index (χ4n) is 2.93. The van der Waals surface area contributed by atoms with Crippen LogP contribution in [0.3, 0.4) is 0 Å². The van der Waals surface area contributed by atoms with E-state index in [0.717, 1.165) is 49.4 Å². The molecular formula is C18H29ClN4O2. The first-order valence-electron chi connectivity index (χ1n) is 8.56. The standard InChI is InChI=1S/C18H28N4O2.ClH/c1-4-15-7-5-6-14(2)18(15)20-16(23)12-21(3)13-17(24)22-10-8-19-9-11-22;/h5-7,19H,4,8-13H2,1-3H3,(H,20,23);1H. The molecule has 140 valence electrons. The Bertz CT molecular complexity index is 588. The summed E-state index contributed by atoms with van der Waals surface area (Å²) in [4.78, 5) is 28.2. The number of hydrogen-bond donors (Lipinski definition) is 2. The average Bonchev–Trinajstić information content (AvgIpc) is 2.57. The van der Waals surface area contributed by atoms with Crippen LogP contribution >= 0.6 is 12.4 Å². The number of rotatable bonds is 6. The Morgan fingerprint density at radius 3 is 2.56 bits per heavy atom. The zero-order chi connectivity index (χ0) is 17.5. The molecule has 2 rings (SSSR count). The van der Waals surface area contributed by atoms with Gasteiger partial charge >= 0.3 is 0 Å². The van der Waals surface area contributed by atoms with Crippen molar-refractivity contribution in [3.05, 3.63) is 29.3 Å². The number of carbonyl (C=O) groups excluding carboxylic acids is 2. The van der Waals surface area contributed by atoms with Crippen LogP contribution in [0.5, 0.6) is 0 Å². The second-order valence-corrected chi connectivity index (χ2v) is 6.31. The van der Waals surface area contributed by atoms with E-state index in [4.69, 9.17) is 0 Å². The van der Waals surface area contributed by atoms with Gasteiger partial charge in [-0.2, -0.15) is 0 Å². The topological polar surface area (TPSA) is 64.7 Å². The van der Waals surface area contributed by atoms with Gasteiger partial charge < -0.3 is 15.5 Å². The van der Waals surface area contributed by atoms with Gasteiger partial charge in [-0.1, -0.05) is 25.1 Å². The Morgan fingerprint density at radius 2 is 1.92 bits per heavy atom. The number of nitrogens with one attached hydrogen (secondary N) is 2. The van der Waals surface area contributed by atoms with Crippen molar-refractivity contribution in [1.82, 2.24) is 15.1 Å². The quantitative estimate of drug-likeness (QED) is 0.794. The van der Waals surface area contributed by atoms with E-state index in [1.807, 2.05) is 30.0 Å². The molecule has 1 aromatic carbocycles. The van der Waals surface area contributed by atoms with Crippen LogP contribution in [-0.4, -0.2) is 67.9 Å². The number of likely N-dealkylation sites (N-methyl/N-ethyl adjacent to an activating group) is 1. The minimum absolute atomic E-state index is 0. The Kier molecular flexibility index (Phi) is 8.89. The van der Waals surface area contributed by atoms with Crippen molar-refractivity contribution in [2.75, 3.05) is 51.6 Å². The molecule has 7 heteroatoms. The molecule has 0 atom stereocenters. The zero-order valence-corrected chi connectivity index (χ0v) is 16.1. The average molecular weight is 369 g/mol. The summed E-state index contributed by atoms with van der Waals surface area (Å²) in [6.07, 6.45) is 0.870. The molecule has 2 amide bonds. The molecule has 1 fully saturated rings. The molecule has 0 unspecified atom stereocenters. The van der Waals surface area contributed by atoms with Gasteiger partial charge in [-0.15, -0.1) is 12.4 Å². The highest BCUT2D eigenvalue weighted by molar-refractivity contribution is 5.94. The number of para-hydroxylation sites is 1. The molecule has 2 N–H and O–H groups in total. The molecule has 0 bridgehead atoms. The van der Waals surface area contributed by atoms with Gasteiger partial charge in [0.05, 0.1) is 13.1 Å². The van der Waals surface area contributed by atoms with Crippen molar-refractivity contribution in [3.63, 3.8) is 0 Å². The van der Waals surface area contributed by atoms with E-state index in [2.05, 4.69) is 17.6 Å². The number of hydrogen-bond acceptors (Lipinski definition) is 4. The fourth-order valence-corrected chi connectivity index (χ4v) is 2.93. The first-order chi connectivity index (χ1) is 11.5. The Hall–Kier alpha value is -1.63. The fraction of sp³-hybridized carbons (Fsp3) is 0.556. The highest BCUT2D eigenvalue weighted by Crippen LogP contribution is 2.20. The molecule has 0 saturated carbocycles. The summed E-state index contributed by atoms with van der Waals surface area (Å²) in [6, 6.07) is 6.02. The Labute approximate surface area is 156 Å². The van der Waals surface area contributed by atoms with Crippen LogP contribution in [0.25, 0.3) is 0 Å². The van der Waals surface area contributed by atoms with Crippen molar-refractivity contribution in [2.45, 2.75) is 20.3 Å². The summed E-state index contributed by atoms with van der Waals surface area (Å²) < 4.78 is 0. The van der Waals surface area contributed by atoms with Gasteiger partial charge in [0.1, 0.15) is 0 Å². The van der Waals surface area contributed by atoms with Crippen LogP contribution in [0.2, 0.25) is 0 Å². The maximum atomic E-state index is 12.3.